The summed E-state index contributed by atoms with van der Waals surface area (Å²) in [6.45, 7) is 1.84. The van der Waals surface area contributed by atoms with Crippen LogP contribution in [0.5, 0.6) is 5.88 Å². The molecule has 14 heavy (non-hydrogen) atoms. The highest BCUT2D eigenvalue weighted by atomic mass is 19.1. The van der Waals surface area contributed by atoms with Crippen molar-refractivity contribution in [1.29, 1.82) is 0 Å². The summed E-state index contributed by atoms with van der Waals surface area (Å²) in [5, 5.41) is 0. The molecule has 1 aromatic rings. The molecule has 4 heteroatoms. The van der Waals surface area contributed by atoms with E-state index in [4.69, 9.17) is 4.74 Å². The first-order chi connectivity index (χ1) is 6.75. The minimum Gasteiger partial charge on any atom is -0.471 e. The minimum absolute atomic E-state index is 0.0735. The van der Waals surface area contributed by atoms with Crippen molar-refractivity contribution < 1.29 is 9.13 Å². The van der Waals surface area contributed by atoms with Gasteiger partial charge < -0.3 is 9.64 Å². The van der Waals surface area contributed by atoms with Crippen molar-refractivity contribution in [3.05, 3.63) is 24.1 Å². The summed E-state index contributed by atoms with van der Waals surface area (Å²) in [5.41, 5.74) is 0. The van der Waals surface area contributed by atoms with Gasteiger partial charge in [-0.1, -0.05) is 0 Å². The molecule has 1 fully saturated rings. The van der Waals surface area contributed by atoms with Gasteiger partial charge in [0.15, 0.2) is 5.82 Å². The van der Waals surface area contributed by atoms with Crippen LogP contribution in [-0.2, 0) is 0 Å². The van der Waals surface area contributed by atoms with Gasteiger partial charge in [-0.05, 0) is 25.6 Å². The molecule has 0 amide bonds. The fourth-order valence-corrected chi connectivity index (χ4v) is 1.61. The first-order valence-electron chi connectivity index (χ1n) is 4.71. The summed E-state index contributed by atoms with van der Waals surface area (Å²) < 4.78 is 18.6. The molecule has 0 radical (unpaired) electrons. The number of hydrogen-bond acceptors (Lipinski definition) is 3. The van der Waals surface area contributed by atoms with Crippen molar-refractivity contribution in [3.63, 3.8) is 0 Å². The van der Waals surface area contributed by atoms with Crippen molar-refractivity contribution in [3.8, 4) is 5.88 Å². The van der Waals surface area contributed by atoms with Crippen LogP contribution in [0.1, 0.15) is 6.42 Å². The number of likely N-dealkylation sites (N-methyl/N-ethyl adjacent to an activating group) is 1. The Bertz CT molecular complexity index is 319. The molecule has 1 aliphatic heterocycles. The van der Waals surface area contributed by atoms with Gasteiger partial charge in [0.25, 0.3) is 5.88 Å². The number of aromatic nitrogens is 1. The standard InChI is InChI=1S/C10H13FN2O/c1-13-6-4-8(7-13)14-10-9(11)3-2-5-12-10/h2-3,5,8H,4,6-7H2,1H3. The second kappa shape index (κ2) is 3.92. The Morgan fingerprint density at radius 1 is 1.64 bits per heavy atom. The summed E-state index contributed by atoms with van der Waals surface area (Å²) in [7, 11) is 2.03. The van der Waals surface area contributed by atoms with Gasteiger partial charge in [-0.25, -0.2) is 9.37 Å². The monoisotopic (exact) mass is 196 g/mol. The first-order valence-corrected chi connectivity index (χ1v) is 4.71. The minimum atomic E-state index is -0.387. The van der Waals surface area contributed by atoms with E-state index in [0.29, 0.717) is 0 Å². The number of nitrogens with zero attached hydrogens (tertiary/aromatic N) is 2. The van der Waals surface area contributed by atoms with Crippen molar-refractivity contribution >= 4 is 0 Å². The third kappa shape index (κ3) is 2.01. The normalized spacial score (nSPS) is 22.6. The molecular weight excluding hydrogens is 183 g/mol. The zero-order valence-electron chi connectivity index (χ0n) is 8.11. The van der Waals surface area contributed by atoms with Gasteiger partial charge in [-0.2, -0.15) is 0 Å². The number of rotatable bonds is 2. The molecule has 1 aromatic heterocycles. The summed E-state index contributed by atoms with van der Waals surface area (Å²) in [6.07, 6.45) is 2.55. The summed E-state index contributed by atoms with van der Waals surface area (Å²) in [6, 6.07) is 2.92. The van der Waals surface area contributed by atoms with Gasteiger partial charge in [0, 0.05) is 19.3 Å². The Balaban J connectivity index is 2.01. The van der Waals surface area contributed by atoms with Crippen LogP contribution in [0, 0.1) is 5.82 Å². The molecule has 0 saturated carbocycles. The predicted octanol–water partition coefficient (Wildman–Crippen LogP) is 1.30. The Labute approximate surface area is 82.5 Å². The van der Waals surface area contributed by atoms with Crippen LogP contribution < -0.4 is 4.74 Å². The highest BCUT2D eigenvalue weighted by molar-refractivity contribution is 5.13. The molecule has 0 bridgehead atoms. The van der Waals surface area contributed by atoms with E-state index < -0.39 is 0 Å². The Kier molecular flexibility index (Phi) is 2.63. The van der Waals surface area contributed by atoms with Gasteiger partial charge in [0.1, 0.15) is 6.10 Å². The zero-order chi connectivity index (χ0) is 9.97. The third-order valence-corrected chi connectivity index (χ3v) is 2.35. The highest BCUT2D eigenvalue weighted by Gasteiger charge is 2.22. The van der Waals surface area contributed by atoms with Gasteiger partial charge in [0.05, 0.1) is 0 Å². The van der Waals surface area contributed by atoms with Gasteiger partial charge in [-0.15, -0.1) is 0 Å². The largest absolute Gasteiger partial charge is 0.471 e. The molecule has 2 heterocycles. The van der Waals surface area contributed by atoms with Gasteiger partial charge in [0.2, 0.25) is 0 Å². The second-order valence-corrected chi connectivity index (χ2v) is 3.58. The van der Waals surface area contributed by atoms with Crippen LogP contribution in [0.2, 0.25) is 0 Å². The van der Waals surface area contributed by atoms with Crippen molar-refractivity contribution in [1.82, 2.24) is 9.88 Å². The van der Waals surface area contributed by atoms with Crippen LogP contribution in [-0.4, -0.2) is 36.1 Å². The third-order valence-electron chi connectivity index (χ3n) is 2.35. The van der Waals surface area contributed by atoms with Gasteiger partial charge in [-0.3, -0.25) is 0 Å². The SMILES string of the molecule is CN1CCC(Oc2ncccc2F)C1. The molecule has 2 rings (SSSR count). The van der Waals surface area contributed by atoms with E-state index in [1.807, 2.05) is 7.05 Å². The number of pyridine rings is 1. The average molecular weight is 196 g/mol. The van der Waals surface area contributed by atoms with E-state index in [2.05, 4.69) is 9.88 Å². The lowest BCUT2D eigenvalue weighted by Crippen LogP contribution is -2.22. The Morgan fingerprint density at radius 2 is 2.50 bits per heavy atom. The van der Waals surface area contributed by atoms with Crippen LogP contribution in [0.25, 0.3) is 0 Å². The number of ether oxygens (including phenoxy) is 1. The fraction of sp³-hybridized carbons (Fsp3) is 0.500. The van der Waals surface area contributed by atoms with Gasteiger partial charge >= 0.3 is 0 Å². The second-order valence-electron chi connectivity index (χ2n) is 3.58. The number of hydrogen-bond donors (Lipinski definition) is 0. The molecular formula is C10H13FN2O. The molecule has 3 nitrogen and oxygen atoms in total. The highest BCUT2D eigenvalue weighted by Crippen LogP contribution is 2.17. The summed E-state index contributed by atoms with van der Waals surface area (Å²) in [4.78, 5) is 6.01. The lowest BCUT2D eigenvalue weighted by atomic mass is 10.3. The van der Waals surface area contributed by atoms with Crippen LogP contribution in [0.3, 0.4) is 0 Å². The molecule has 76 valence electrons. The molecule has 0 spiro atoms. The Morgan fingerprint density at radius 3 is 3.14 bits per heavy atom. The maximum Gasteiger partial charge on any atom is 0.250 e. The number of halogens is 1. The molecule has 0 aliphatic carbocycles. The van der Waals surface area contributed by atoms with E-state index in [1.165, 1.54) is 12.3 Å². The molecule has 1 atom stereocenters. The molecule has 1 saturated heterocycles. The maximum atomic E-state index is 13.1. The zero-order valence-corrected chi connectivity index (χ0v) is 8.11. The van der Waals surface area contributed by atoms with Crippen LogP contribution >= 0.6 is 0 Å². The molecule has 1 unspecified atom stereocenters. The average Bonchev–Trinajstić information content (AvgIpc) is 2.56. The molecule has 0 aromatic carbocycles. The smallest absolute Gasteiger partial charge is 0.250 e. The van der Waals surface area contributed by atoms with Crippen molar-refractivity contribution in [2.45, 2.75) is 12.5 Å². The van der Waals surface area contributed by atoms with Crippen LogP contribution in [0.4, 0.5) is 4.39 Å². The van der Waals surface area contributed by atoms with E-state index in [0.717, 1.165) is 19.5 Å². The number of likely N-dealkylation sites (tertiary alicyclic amines) is 1. The topological polar surface area (TPSA) is 25.4 Å². The lowest BCUT2D eigenvalue weighted by Gasteiger charge is -2.12. The molecule has 0 N–H and O–H groups in total. The van der Waals surface area contributed by atoms with Crippen molar-refractivity contribution in [2.24, 2.45) is 0 Å². The van der Waals surface area contributed by atoms with Crippen LogP contribution in [0.15, 0.2) is 18.3 Å². The van der Waals surface area contributed by atoms with E-state index in [1.54, 1.807) is 6.07 Å². The van der Waals surface area contributed by atoms with E-state index in [-0.39, 0.29) is 17.8 Å². The summed E-state index contributed by atoms with van der Waals surface area (Å²) >= 11 is 0. The fourth-order valence-electron chi connectivity index (χ4n) is 1.61. The first kappa shape index (κ1) is 9.40. The lowest BCUT2D eigenvalue weighted by molar-refractivity contribution is 0.191. The van der Waals surface area contributed by atoms with E-state index in [9.17, 15) is 4.39 Å². The summed E-state index contributed by atoms with van der Waals surface area (Å²) in [5.74, 6) is -0.269. The van der Waals surface area contributed by atoms with E-state index >= 15 is 0 Å². The Hall–Kier alpha value is -1.16. The predicted molar refractivity (Wildman–Crippen MR) is 50.7 cm³/mol. The molecule has 1 aliphatic rings. The van der Waals surface area contributed by atoms with Crippen molar-refractivity contribution in [2.75, 3.05) is 20.1 Å². The maximum absolute atomic E-state index is 13.1. The quantitative estimate of drug-likeness (QED) is 0.713.